The molecular weight excluding hydrogens is 337 g/mol. The van der Waals surface area contributed by atoms with Crippen LogP contribution in [-0.4, -0.2) is 59.7 Å². The summed E-state index contributed by atoms with van der Waals surface area (Å²) >= 11 is 0. The van der Waals surface area contributed by atoms with Gasteiger partial charge in [-0.05, 0) is 30.9 Å². The lowest BCUT2D eigenvalue weighted by molar-refractivity contribution is -0.135. The monoisotopic (exact) mass is 361 g/mol. The predicted molar refractivity (Wildman–Crippen MR) is 93.7 cm³/mol. The molecule has 1 aromatic rings. The van der Waals surface area contributed by atoms with Gasteiger partial charge < -0.3 is 15.1 Å². The summed E-state index contributed by atoms with van der Waals surface area (Å²) < 4.78 is 13.7. The van der Waals surface area contributed by atoms with Crippen molar-refractivity contribution >= 4 is 17.7 Å². The lowest BCUT2D eigenvalue weighted by Gasteiger charge is -2.24. The lowest BCUT2D eigenvalue weighted by Crippen LogP contribution is -2.46. The average molecular weight is 361 g/mol. The van der Waals surface area contributed by atoms with E-state index in [4.69, 9.17) is 0 Å². The number of rotatable bonds is 4. The molecule has 1 aromatic carbocycles. The summed E-state index contributed by atoms with van der Waals surface area (Å²) in [5.74, 6) is -0.442. The van der Waals surface area contributed by atoms with Gasteiger partial charge in [-0.1, -0.05) is 18.2 Å². The Hall–Kier alpha value is -2.44. The quantitative estimate of drug-likeness (QED) is 0.873. The largest absolute Gasteiger partial charge is 0.344 e. The van der Waals surface area contributed by atoms with Gasteiger partial charge in [-0.15, -0.1) is 0 Å². The molecule has 3 amide bonds. The Bertz CT molecular complexity index is 694. The van der Waals surface area contributed by atoms with Gasteiger partial charge in [0, 0.05) is 39.0 Å². The second-order valence-corrected chi connectivity index (χ2v) is 6.81. The first-order valence-corrected chi connectivity index (χ1v) is 9.14. The maximum atomic E-state index is 13.7. The molecular formula is C19H24FN3O3. The van der Waals surface area contributed by atoms with Crippen LogP contribution in [0.1, 0.15) is 31.2 Å². The van der Waals surface area contributed by atoms with Crippen molar-refractivity contribution in [1.29, 1.82) is 0 Å². The Labute approximate surface area is 152 Å². The highest BCUT2D eigenvalue weighted by Crippen LogP contribution is 2.14. The van der Waals surface area contributed by atoms with E-state index in [-0.39, 0.29) is 30.0 Å². The van der Waals surface area contributed by atoms with Crippen LogP contribution in [0.2, 0.25) is 0 Å². The van der Waals surface area contributed by atoms with Crippen LogP contribution in [0, 0.1) is 5.82 Å². The van der Waals surface area contributed by atoms with E-state index in [0.29, 0.717) is 57.4 Å². The average Bonchev–Trinajstić information content (AvgIpc) is 2.92. The van der Waals surface area contributed by atoms with Gasteiger partial charge in [0.2, 0.25) is 17.7 Å². The Balaban J connectivity index is 1.50. The van der Waals surface area contributed by atoms with Crippen molar-refractivity contribution in [3.63, 3.8) is 0 Å². The zero-order valence-corrected chi connectivity index (χ0v) is 14.7. The van der Waals surface area contributed by atoms with E-state index < -0.39 is 6.04 Å². The third-order valence-corrected chi connectivity index (χ3v) is 5.02. The minimum absolute atomic E-state index is 0.0169. The number of aryl methyl sites for hydroxylation is 1. The van der Waals surface area contributed by atoms with Crippen LogP contribution in [0.15, 0.2) is 24.3 Å². The predicted octanol–water partition coefficient (Wildman–Crippen LogP) is 1.10. The summed E-state index contributed by atoms with van der Waals surface area (Å²) in [5, 5.41) is 2.70. The molecule has 2 fully saturated rings. The van der Waals surface area contributed by atoms with E-state index in [9.17, 15) is 18.8 Å². The standard InChI is InChI=1S/C19H24FN3O3/c20-15-5-2-1-4-14(15)6-9-18(25)22-10-3-11-23(13-12-22)19(26)16-7-8-17(24)21-16/h1-2,4-5,16H,3,6-13H2,(H,21,24). The molecule has 0 bridgehead atoms. The summed E-state index contributed by atoms with van der Waals surface area (Å²) in [5.41, 5.74) is 0.546. The molecule has 2 aliphatic heterocycles. The van der Waals surface area contributed by atoms with E-state index in [1.165, 1.54) is 6.07 Å². The van der Waals surface area contributed by atoms with Gasteiger partial charge in [-0.2, -0.15) is 0 Å². The molecule has 3 rings (SSSR count). The Morgan fingerprint density at radius 2 is 1.85 bits per heavy atom. The molecule has 7 heteroatoms. The second-order valence-electron chi connectivity index (χ2n) is 6.81. The molecule has 0 aromatic heterocycles. The molecule has 2 saturated heterocycles. The van der Waals surface area contributed by atoms with Crippen molar-refractivity contribution in [2.75, 3.05) is 26.2 Å². The highest BCUT2D eigenvalue weighted by Gasteiger charge is 2.31. The molecule has 6 nitrogen and oxygen atoms in total. The van der Waals surface area contributed by atoms with E-state index in [1.807, 2.05) is 0 Å². The summed E-state index contributed by atoms with van der Waals surface area (Å²) in [6, 6.07) is 6.07. The Kier molecular flexibility index (Phi) is 5.85. The Morgan fingerprint density at radius 3 is 2.58 bits per heavy atom. The number of carbonyl (C=O) groups excluding carboxylic acids is 3. The molecule has 1 N–H and O–H groups in total. The van der Waals surface area contributed by atoms with Crippen molar-refractivity contribution < 1.29 is 18.8 Å². The third-order valence-electron chi connectivity index (χ3n) is 5.02. The zero-order chi connectivity index (χ0) is 18.5. The number of nitrogens with one attached hydrogen (secondary N) is 1. The summed E-state index contributed by atoms with van der Waals surface area (Å²) in [6.45, 7) is 2.12. The molecule has 0 radical (unpaired) electrons. The van der Waals surface area contributed by atoms with Crippen LogP contribution in [0.3, 0.4) is 0 Å². The van der Waals surface area contributed by atoms with Gasteiger partial charge >= 0.3 is 0 Å². The number of benzene rings is 1. The van der Waals surface area contributed by atoms with Crippen molar-refractivity contribution in [2.45, 2.75) is 38.1 Å². The maximum Gasteiger partial charge on any atom is 0.245 e. The number of nitrogens with zero attached hydrogens (tertiary/aromatic N) is 2. The van der Waals surface area contributed by atoms with Crippen molar-refractivity contribution in [1.82, 2.24) is 15.1 Å². The molecule has 1 atom stereocenters. The van der Waals surface area contributed by atoms with Gasteiger partial charge in [-0.3, -0.25) is 14.4 Å². The first-order chi connectivity index (χ1) is 12.5. The second kappa shape index (κ2) is 8.29. The first-order valence-electron chi connectivity index (χ1n) is 9.14. The molecule has 1 unspecified atom stereocenters. The number of amides is 3. The first kappa shape index (κ1) is 18.4. The fourth-order valence-corrected chi connectivity index (χ4v) is 3.51. The molecule has 0 aliphatic carbocycles. The summed E-state index contributed by atoms with van der Waals surface area (Å²) in [6.07, 6.45) is 2.27. The summed E-state index contributed by atoms with van der Waals surface area (Å²) in [7, 11) is 0. The minimum atomic E-state index is -0.425. The molecule has 26 heavy (non-hydrogen) atoms. The highest BCUT2D eigenvalue weighted by atomic mass is 19.1. The van der Waals surface area contributed by atoms with Crippen LogP contribution in [0.25, 0.3) is 0 Å². The lowest BCUT2D eigenvalue weighted by atomic mass is 10.1. The highest BCUT2D eigenvalue weighted by molar-refractivity contribution is 5.90. The van der Waals surface area contributed by atoms with E-state index >= 15 is 0 Å². The van der Waals surface area contributed by atoms with E-state index in [2.05, 4.69) is 5.32 Å². The van der Waals surface area contributed by atoms with Crippen molar-refractivity contribution in [2.24, 2.45) is 0 Å². The number of carbonyl (C=O) groups is 3. The van der Waals surface area contributed by atoms with Crippen LogP contribution in [0.4, 0.5) is 4.39 Å². The van der Waals surface area contributed by atoms with Crippen molar-refractivity contribution in [3.8, 4) is 0 Å². The normalized spacial score (nSPS) is 20.7. The smallest absolute Gasteiger partial charge is 0.245 e. The van der Waals surface area contributed by atoms with Gasteiger partial charge in [0.25, 0.3) is 0 Å². The number of halogens is 1. The molecule has 140 valence electrons. The molecule has 2 aliphatic rings. The van der Waals surface area contributed by atoms with Crippen LogP contribution in [-0.2, 0) is 20.8 Å². The fourth-order valence-electron chi connectivity index (χ4n) is 3.51. The summed E-state index contributed by atoms with van der Waals surface area (Å²) in [4.78, 5) is 39.7. The van der Waals surface area contributed by atoms with Gasteiger partial charge in [-0.25, -0.2) is 4.39 Å². The van der Waals surface area contributed by atoms with Crippen LogP contribution >= 0.6 is 0 Å². The van der Waals surface area contributed by atoms with Crippen molar-refractivity contribution in [3.05, 3.63) is 35.6 Å². The maximum absolute atomic E-state index is 13.7. The number of hydrogen-bond acceptors (Lipinski definition) is 3. The van der Waals surface area contributed by atoms with E-state index in [0.717, 1.165) is 0 Å². The zero-order valence-electron chi connectivity index (χ0n) is 14.7. The van der Waals surface area contributed by atoms with Crippen LogP contribution < -0.4 is 5.32 Å². The number of hydrogen-bond donors (Lipinski definition) is 1. The topological polar surface area (TPSA) is 69.7 Å². The molecule has 2 heterocycles. The minimum Gasteiger partial charge on any atom is -0.344 e. The van der Waals surface area contributed by atoms with E-state index in [1.54, 1.807) is 28.0 Å². The van der Waals surface area contributed by atoms with Crippen LogP contribution in [0.5, 0.6) is 0 Å². The third kappa shape index (κ3) is 4.39. The Morgan fingerprint density at radius 1 is 1.12 bits per heavy atom. The van der Waals surface area contributed by atoms with Gasteiger partial charge in [0.1, 0.15) is 11.9 Å². The molecule has 0 saturated carbocycles. The fraction of sp³-hybridized carbons (Fsp3) is 0.526. The van der Waals surface area contributed by atoms with Gasteiger partial charge in [0.15, 0.2) is 0 Å². The molecule has 0 spiro atoms. The SMILES string of the molecule is O=C1CCC(C(=O)N2CCCN(C(=O)CCc3ccccc3F)CC2)N1. The van der Waals surface area contributed by atoms with Gasteiger partial charge in [0.05, 0.1) is 0 Å².